The Morgan fingerprint density at radius 3 is 2.00 bits per heavy atom. The van der Waals surface area contributed by atoms with Crippen molar-refractivity contribution in [2.24, 2.45) is 0 Å². The van der Waals surface area contributed by atoms with Gasteiger partial charge in [-0.2, -0.15) is 0 Å². The van der Waals surface area contributed by atoms with Gasteiger partial charge in [0.25, 0.3) is 0 Å². The molecule has 0 atom stereocenters. The van der Waals surface area contributed by atoms with E-state index in [9.17, 15) is 0 Å². The molecule has 0 aliphatic rings. The van der Waals surface area contributed by atoms with Crippen molar-refractivity contribution in [3.05, 3.63) is 97.0 Å². The smallest absolute Gasteiger partial charge is 0.0616 e. The van der Waals surface area contributed by atoms with Crippen LogP contribution in [0.2, 0.25) is 0 Å². The van der Waals surface area contributed by atoms with Crippen LogP contribution in [-0.4, -0.2) is 0 Å². The van der Waals surface area contributed by atoms with Crippen LogP contribution >= 0.6 is 0 Å². The third-order valence-corrected chi connectivity index (χ3v) is 4.40. The monoisotopic (exact) mass is 308 g/mol. The minimum absolute atomic E-state index is 0.00318. The molecule has 0 aliphatic carbocycles. The Morgan fingerprint density at radius 2 is 1.17 bits per heavy atom. The zero-order valence-corrected chi connectivity index (χ0v) is 12.9. The number of hydrogen-bond donors (Lipinski definition) is 0. The maximum atomic E-state index is 8.81. The van der Waals surface area contributed by atoms with Crippen molar-refractivity contribution in [3.63, 3.8) is 0 Å². The van der Waals surface area contributed by atoms with Crippen LogP contribution in [-0.2, 0) is 0 Å². The molecule has 0 unspecified atom stereocenters. The summed E-state index contributed by atoms with van der Waals surface area (Å²) in [6, 6.07) is 23.6. The van der Waals surface area contributed by atoms with Gasteiger partial charge >= 0.3 is 0 Å². The third-order valence-electron chi connectivity index (χ3n) is 4.40. The summed E-state index contributed by atoms with van der Waals surface area (Å²) < 4.78 is 34.5. The molecule has 0 nitrogen and oxygen atoms in total. The Morgan fingerprint density at radius 1 is 0.458 bits per heavy atom. The fourth-order valence-corrected chi connectivity index (χ4v) is 3.14. The molecule has 0 saturated heterocycles. The van der Waals surface area contributed by atoms with Gasteiger partial charge < -0.3 is 0 Å². The molecule has 5 rings (SSSR count). The van der Waals surface area contributed by atoms with Crippen LogP contribution in [0.1, 0.15) is 5.48 Å². The quantitative estimate of drug-likeness (QED) is 0.298. The summed E-state index contributed by atoms with van der Waals surface area (Å²) in [5.41, 5.74) is 1.20. The topological polar surface area (TPSA) is 0 Å². The SMILES string of the molecule is [2H]c1c(-c2ccc3ccccc3c2)c([2H])c2cc3ccccc3c([2H])c2c1[2H]. The van der Waals surface area contributed by atoms with Crippen LogP contribution in [0.3, 0.4) is 0 Å². The normalized spacial score (nSPS) is 13.7. The Labute approximate surface area is 146 Å². The molecule has 0 aromatic heterocycles. The lowest BCUT2D eigenvalue weighted by Gasteiger charge is -2.07. The van der Waals surface area contributed by atoms with Crippen molar-refractivity contribution in [2.75, 3.05) is 0 Å². The van der Waals surface area contributed by atoms with Crippen LogP contribution in [0.5, 0.6) is 0 Å². The highest BCUT2D eigenvalue weighted by Crippen LogP contribution is 2.29. The lowest BCUT2D eigenvalue weighted by atomic mass is 9.97. The standard InChI is InChI=1S/C24H16/c1-2-6-18-13-21(10-9-17(18)5-1)22-11-12-23-14-19-7-3-4-8-20(19)15-24(23)16-22/h1-16H/i11D,12D,14D,16D. The van der Waals surface area contributed by atoms with E-state index in [4.69, 9.17) is 5.48 Å². The molecule has 0 heterocycles. The zero-order chi connectivity index (χ0) is 19.4. The van der Waals surface area contributed by atoms with Crippen molar-refractivity contribution >= 4 is 32.3 Å². The summed E-state index contributed by atoms with van der Waals surface area (Å²) in [6.45, 7) is 0. The van der Waals surface area contributed by atoms with Crippen LogP contribution in [0.15, 0.2) is 97.0 Å². The third kappa shape index (κ3) is 2.16. The molecule has 0 saturated carbocycles. The largest absolute Gasteiger partial charge is 0.0636 e. The first-order valence-electron chi connectivity index (χ1n) is 9.97. The summed E-state index contributed by atoms with van der Waals surface area (Å²) in [4.78, 5) is 0. The van der Waals surface area contributed by atoms with Gasteiger partial charge in [-0.05, 0) is 67.7 Å². The van der Waals surface area contributed by atoms with Gasteiger partial charge in [0.1, 0.15) is 0 Å². The zero-order valence-electron chi connectivity index (χ0n) is 16.9. The summed E-state index contributed by atoms with van der Waals surface area (Å²) in [5, 5.41) is 4.66. The molecule has 5 aromatic carbocycles. The fraction of sp³-hybridized carbons (Fsp3) is 0. The molecule has 0 aliphatic heterocycles. The van der Waals surface area contributed by atoms with E-state index in [1.807, 2.05) is 72.8 Å². The van der Waals surface area contributed by atoms with Crippen molar-refractivity contribution < 1.29 is 5.48 Å². The van der Waals surface area contributed by atoms with E-state index < -0.39 is 0 Å². The van der Waals surface area contributed by atoms with Crippen molar-refractivity contribution in [3.8, 4) is 11.1 Å². The predicted molar refractivity (Wildman–Crippen MR) is 104 cm³/mol. The van der Waals surface area contributed by atoms with E-state index in [1.54, 1.807) is 0 Å². The van der Waals surface area contributed by atoms with Gasteiger partial charge in [0, 0.05) is 0 Å². The molecule has 0 bridgehead atoms. The molecule has 112 valence electrons. The van der Waals surface area contributed by atoms with E-state index in [2.05, 4.69) is 0 Å². The highest BCUT2D eigenvalue weighted by atomic mass is 14.1. The summed E-state index contributed by atoms with van der Waals surface area (Å²) in [6.07, 6.45) is 0. The Hall–Kier alpha value is -3.12. The Kier molecular flexibility index (Phi) is 2.15. The minimum atomic E-state index is -0.00318. The van der Waals surface area contributed by atoms with Gasteiger partial charge in [0.05, 0.1) is 5.48 Å². The first kappa shape index (κ1) is 9.89. The average molecular weight is 308 g/mol. The highest BCUT2D eigenvalue weighted by molar-refractivity contribution is 6.00. The second-order valence-corrected chi connectivity index (χ2v) is 5.96. The number of benzene rings is 5. The molecular formula is C24H16. The second-order valence-electron chi connectivity index (χ2n) is 5.96. The van der Waals surface area contributed by atoms with Crippen LogP contribution in [0, 0.1) is 0 Å². The first-order valence-corrected chi connectivity index (χ1v) is 7.97. The van der Waals surface area contributed by atoms with Crippen molar-refractivity contribution in [2.45, 2.75) is 0 Å². The summed E-state index contributed by atoms with van der Waals surface area (Å²) in [5.74, 6) is 0. The molecule has 0 heteroatoms. The van der Waals surface area contributed by atoms with Crippen LogP contribution in [0.4, 0.5) is 0 Å². The predicted octanol–water partition coefficient (Wildman–Crippen LogP) is 6.81. The molecule has 5 aromatic rings. The number of hydrogen-bond acceptors (Lipinski definition) is 0. The fourth-order valence-electron chi connectivity index (χ4n) is 3.14. The van der Waals surface area contributed by atoms with E-state index in [1.165, 1.54) is 0 Å². The van der Waals surface area contributed by atoms with Crippen LogP contribution in [0.25, 0.3) is 43.4 Å². The van der Waals surface area contributed by atoms with Gasteiger partial charge in [0.15, 0.2) is 0 Å². The van der Waals surface area contributed by atoms with Gasteiger partial charge in [0.2, 0.25) is 0 Å². The highest BCUT2D eigenvalue weighted by Gasteiger charge is 2.03. The van der Waals surface area contributed by atoms with Gasteiger partial charge in [-0.15, -0.1) is 0 Å². The molecule has 24 heavy (non-hydrogen) atoms. The van der Waals surface area contributed by atoms with E-state index in [0.717, 1.165) is 27.1 Å². The van der Waals surface area contributed by atoms with Crippen molar-refractivity contribution in [1.82, 2.24) is 0 Å². The van der Waals surface area contributed by atoms with Gasteiger partial charge in [-0.3, -0.25) is 0 Å². The van der Waals surface area contributed by atoms with Gasteiger partial charge in [-0.1, -0.05) is 72.7 Å². The molecule has 0 spiro atoms. The number of rotatable bonds is 1. The molecule has 0 radical (unpaired) electrons. The Balaban J connectivity index is 1.90. The average Bonchev–Trinajstić information content (AvgIpc) is 2.72. The summed E-state index contributed by atoms with van der Waals surface area (Å²) in [7, 11) is 0. The maximum absolute atomic E-state index is 8.81. The van der Waals surface area contributed by atoms with Crippen molar-refractivity contribution in [1.29, 1.82) is 0 Å². The lowest BCUT2D eigenvalue weighted by molar-refractivity contribution is 1.68. The van der Waals surface area contributed by atoms with E-state index in [-0.39, 0.29) is 24.2 Å². The minimum Gasteiger partial charge on any atom is -0.0616 e. The first-order chi connectivity index (χ1) is 13.6. The van der Waals surface area contributed by atoms with E-state index >= 15 is 0 Å². The maximum Gasteiger partial charge on any atom is 0.0636 e. The molecule has 0 N–H and O–H groups in total. The van der Waals surface area contributed by atoms with Crippen LogP contribution < -0.4 is 0 Å². The second kappa shape index (κ2) is 5.21. The molecule has 0 amide bonds. The van der Waals surface area contributed by atoms with Gasteiger partial charge in [-0.25, -0.2) is 0 Å². The molecule has 0 fully saturated rings. The van der Waals surface area contributed by atoms with E-state index in [0.29, 0.717) is 16.3 Å². The summed E-state index contributed by atoms with van der Waals surface area (Å²) >= 11 is 0. The number of fused-ring (bicyclic) bond motifs is 3. The lowest BCUT2D eigenvalue weighted by Crippen LogP contribution is -1.81. The Bertz CT molecular complexity index is 1400. The molecular weight excluding hydrogens is 288 g/mol.